The van der Waals surface area contributed by atoms with Crippen LogP contribution in [0, 0.1) is 11.3 Å². The molecular weight excluding hydrogens is 188 g/mol. The zero-order chi connectivity index (χ0) is 11.5. The molecule has 0 saturated carbocycles. The van der Waals surface area contributed by atoms with Crippen LogP contribution in [0.15, 0.2) is 0 Å². The zero-order valence-corrected chi connectivity index (χ0v) is 10.3. The number of carbonyl (C=O) groups excluding carboxylic acids is 1. The van der Waals surface area contributed by atoms with E-state index in [1.807, 2.05) is 11.8 Å². The van der Waals surface area contributed by atoms with Gasteiger partial charge < -0.3 is 10.6 Å². The summed E-state index contributed by atoms with van der Waals surface area (Å²) in [6, 6.07) is 0. The second kappa shape index (κ2) is 4.97. The van der Waals surface area contributed by atoms with Gasteiger partial charge in [0.2, 0.25) is 5.91 Å². The second-order valence-corrected chi connectivity index (χ2v) is 5.63. The molecule has 0 bridgehead atoms. The van der Waals surface area contributed by atoms with Gasteiger partial charge in [-0.1, -0.05) is 20.8 Å². The van der Waals surface area contributed by atoms with Gasteiger partial charge in [-0.05, 0) is 30.7 Å². The SMILES string of the molecule is CC(CN)CC(=O)N1CCCC(C)(C)C1. The third-order valence-electron chi connectivity index (χ3n) is 3.18. The number of piperidine rings is 1. The van der Waals surface area contributed by atoms with E-state index in [1.165, 1.54) is 6.42 Å². The Balaban J connectivity index is 2.46. The largest absolute Gasteiger partial charge is 0.342 e. The van der Waals surface area contributed by atoms with Gasteiger partial charge in [0.15, 0.2) is 0 Å². The molecule has 0 aromatic carbocycles. The molecule has 1 rings (SSSR count). The number of nitrogens with zero attached hydrogens (tertiary/aromatic N) is 1. The average Bonchev–Trinajstić information content (AvgIpc) is 2.16. The minimum atomic E-state index is 0.278. The van der Waals surface area contributed by atoms with Crippen LogP contribution in [0.25, 0.3) is 0 Å². The van der Waals surface area contributed by atoms with Gasteiger partial charge in [-0.25, -0.2) is 0 Å². The lowest BCUT2D eigenvalue weighted by molar-refractivity contribution is -0.135. The van der Waals surface area contributed by atoms with Gasteiger partial charge in [0.25, 0.3) is 0 Å². The molecule has 1 aliphatic heterocycles. The van der Waals surface area contributed by atoms with Gasteiger partial charge in [0.05, 0.1) is 0 Å². The van der Waals surface area contributed by atoms with Gasteiger partial charge >= 0.3 is 0 Å². The lowest BCUT2D eigenvalue weighted by Gasteiger charge is -2.38. The summed E-state index contributed by atoms with van der Waals surface area (Å²) in [4.78, 5) is 13.9. The van der Waals surface area contributed by atoms with Crippen molar-refractivity contribution >= 4 is 5.91 Å². The molecule has 15 heavy (non-hydrogen) atoms. The molecule has 3 nitrogen and oxygen atoms in total. The molecule has 0 radical (unpaired) electrons. The molecule has 1 heterocycles. The van der Waals surface area contributed by atoms with Crippen molar-refractivity contribution in [3.8, 4) is 0 Å². The van der Waals surface area contributed by atoms with Crippen LogP contribution < -0.4 is 5.73 Å². The third-order valence-corrected chi connectivity index (χ3v) is 3.18. The summed E-state index contributed by atoms with van der Waals surface area (Å²) in [7, 11) is 0. The van der Waals surface area contributed by atoms with Crippen molar-refractivity contribution in [2.75, 3.05) is 19.6 Å². The first-order valence-electron chi connectivity index (χ1n) is 5.92. The molecule has 0 aliphatic carbocycles. The van der Waals surface area contributed by atoms with E-state index in [2.05, 4.69) is 13.8 Å². The number of amides is 1. The maximum atomic E-state index is 11.9. The van der Waals surface area contributed by atoms with Crippen molar-refractivity contribution in [3.05, 3.63) is 0 Å². The molecule has 1 atom stereocenters. The average molecular weight is 212 g/mol. The van der Waals surface area contributed by atoms with Crippen molar-refractivity contribution in [1.29, 1.82) is 0 Å². The normalized spacial score (nSPS) is 22.5. The van der Waals surface area contributed by atoms with Crippen molar-refractivity contribution < 1.29 is 4.79 Å². The minimum absolute atomic E-state index is 0.278. The highest BCUT2D eigenvalue weighted by molar-refractivity contribution is 5.76. The standard InChI is InChI=1S/C12H24N2O/c1-10(8-13)7-11(15)14-6-4-5-12(2,3)9-14/h10H,4-9,13H2,1-3H3. The van der Waals surface area contributed by atoms with E-state index in [9.17, 15) is 4.79 Å². The molecule has 1 unspecified atom stereocenters. The first-order valence-corrected chi connectivity index (χ1v) is 5.92. The monoisotopic (exact) mass is 212 g/mol. The quantitative estimate of drug-likeness (QED) is 0.772. The van der Waals surface area contributed by atoms with Crippen LogP contribution in [0.2, 0.25) is 0 Å². The molecule has 1 saturated heterocycles. The van der Waals surface area contributed by atoms with E-state index in [-0.39, 0.29) is 5.91 Å². The fourth-order valence-corrected chi connectivity index (χ4v) is 2.15. The summed E-state index contributed by atoms with van der Waals surface area (Å²) in [5.41, 5.74) is 5.82. The van der Waals surface area contributed by atoms with E-state index in [0.717, 1.165) is 19.5 Å². The number of hydrogen-bond donors (Lipinski definition) is 1. The van der Waals surface area contributed by atoms with E-state index in [0.29, 0.717) is 24.3 Å². The lowest BCUT2D eigenvalue weighted by atomic mass is 9.84. The van der Waals surface area contributed by atoms with E-state index in [1.54, 1.807) is 0 Å². The highest BCUT2D eigenvalue weighted by Crippen LogP contribution is 2.28. The van der Waals surface area contributed by atoms with Crippen LogP contribution in [0.3, 0.4) is 0 Å². The molecule has 0 spiro atoms. The fraction of sp³-hybridized carbons (Fsp3) is 0.917. The maximum absolute atomic E-state index is 11.9. The lowest BCUT2D eigenvalue weighted by Crippen LogP contribution is -2.44. The Labute approximate surface area is 93.0 Å². The molecule has 2 N–H and O–H groups in total. The summed E-state index contributed by atoms with van der Waals surface area (Å²) in [5, 5.41) is 0. The molecule has 0 aromatic rings. The van der Waals surface area contributed by atoms with Crippen molar-refractivity contribution in [2.24, 2.45) is 17.1 Å². The number of nitrogens with two attached hydrogens (primary N) is 1. The molecule has 1 fully saturated rings. The number of hydrogen-bond acceptors (Lipinski definition) is 2. The van der Waals surface area contributed by atoms with Crippen molar-refractivity contribution in [1.82, 2.24) is 4.90 Å². The predicted molar refractivity (Wildman–Crippen MR) is 62.4 cm³/mol. The van der Waals surface area contributed by atoms with E-state index >= 15 is 0 Å². The Morgan fingerprint density at radius 1 is 1.53 bits per heavy atom. The van der Waals surface area contributed by atoms with Gasteiger partial charge in [0.1, 0.15) is 0 Å². The molecular formula is C12H24N2O. The van der Waals surface area contributed by atoms with Crippen molar-refractivity contribution in [2.45, 2.75) is 40.0 Å². The highest BCUT2D eigenvalue weighted by atomic mass is 16.2. The Bertz CT molecular complexity index is 226. The van der Waals surface area contributed by atoms with Gasteiger partial charge in [-0.3, -0.25) is 4.79 Å². The van der Waals surface area contributed by atoms with Gasteiger partial charge in [-0.2, -0.15) is 0 Å². The fourth-order valence-electron chi connectivity index (χ4n) is 2.15. The predicted octanol–water partition coefficient (Wildman–Crippen LogP) is 1.62. The third kappa shape index (κ3) is 3.82. The summed E-state index contributed by atoms with van der Waals surface area (Å²) >= 11 is 0. The minimum Gasteiger partial charge on any atom is -0.342 e. The summed E-state index contributed by atoms with van der Waals surface area (Å²) < 4.78 is 0. The van der Waals surface area contributed by atoms with Crippen LogP contribution in [0.1, 0.15) is 40.0 Å². The van der Waals surface area contributed by atoms with Crippen LogP contribution in [0.4, 0.5) is 0 Å². The number of likely N-dealkylation sites (tertiary alicyclic amines) is 1. The molecule has 1 aliphatic rings. The van der Waals surface area contributed by atoms with Crippen molar-refractivity contribution in [3.63, 3.8) is 0 Å². The van der Waals surface area contributed by atoms with E-state index in [4.69, 9.17) is 5.73 Å². The zero-order valence-electron chi connectivity index (χ0n) is 10.3. The van der Waals surface area contributed by atoms with Crippen LogP contribution in [-0.2, 0) is 4.79 Å². The Kier molecular flexibility index (Phi) is 4.14. The number of carbonyl (C=O) groups is 1. The summed E-state index contributed by atoms with van der Waals surface area (Å²) in [6.07, 6.45) is 2.96. The Hall–Kier alpha value is -0.570. The van der Waals surface area contributed by atoms with Gasteiger partial charge in [-0.15, -0.1) is 0 Å². The Morgan fingerprint density at radius 3 is 2.73 bits per heavy atom. The molecule has 0 aromatic heterocycles. The smallest absolute Gasteiger partial charge is 0.222 e. The molecule has 88 valence electrons. The van der Waals surface area contributed by atoms with Crippen LogP contribution in [-0.4, -0.2) is 30.4 Å². The Morgan fingerprint density at radius 2 is 2.20 bits per heavy atom. The van der Waals surface area contributed by atoms with Crippen LogP contribution >= 0.6 is 0 Å². The topological polar surface area (TPSA) is 46.3 Å². The van der Waals surface area contributed by atoms with Crippen LogP contribution in [0.5, 0.6) is 0 Å². The number of rotatable bonds is 3. The first-order chi connectivity index (χ1) is 6.94. The summed E-state index contributed by atoms with van der Waals surface area (Å²) in [6.45, 7) is 8.94. The molecule has 1 amide bonds. The molecule has 3 heteroatoms. The van der Waals surface area contributed by atoms with Gasteiger partial charge in [0, 0.05) is 19.5 Å². The summed E-state index contributed by atoms with van der Waals surface area (Å²) in [5.74, 6) is 0.586. The van der Waals surface area contributed by atoms with E-state index < -0.39 is 0 Å². The highest BCUT2D eigenvalue weighted by Gasteiger charge is 2.29. The first kappa shape index (κ1) is 12.5. The maximum Gasteiger partial charge on any atom is 0.222 e. The second-order valence-electron chi connectivity index (χ2n) is 5.63.